The molecule has 0 aliphatic heterocycles. The molecule has 0 radical (unpaired) electrons. The maximum atomic E-state index is 12.7. The number of alkyl halides is 6. The van der Waals surface area contributed by atoms with E-state index in [0.717, 1.165) is 0 Å². The van der Waals surface area contributed by atoms with Crippen molar-refractivity contribution in [3.8, 4) is 11.3 Å². The van der Waals surface area contributed by atoms with E-state index in [-0.39, 0.29) is 17.3 Å². The first-order valence-corrected chi connectivity index (χ1v) is 5.37. The van der Waals surface area contributed by atoms with Gasteiger partial charge >= 0.3 is 12.4 Å². The summed E-state index contributed by atoms with van der Waals surface area (Å²) in [6, 6.07) is 2.79. The smallest absolute Gasteiger partial charge is 0.268 e. The maximum absolute atomic E-state index is 12.7. The summed E-state index contributed by atoms with van der Waals surface area (Å²) in [6.45, 7) is 0. The molecule has 0 aliphatic rings. The summed E-state index contributed by atoms with van der Waals surface area (Å²) in [7, 11) is 1.43. The normalized spacial score (nSPS) is 12.8. The molecule has 2 rings (SSSR count). The van der Waals surface area contributed by atoms with Gasteiger partial charge in [0.1, 0.15) is 0 Å². The lowest BCUT2D eigenvalue weighted by atomic mass is 10.0. The summed E-state index contributed by atoms with van der Waals surface area (Å²) in [5.41, 5.74) is -2.71. The van der Waals surface area contributed by atoms with Crippen molar-refractivity contribution in [3.63, 3.8) is 0 Å². The summed E-state index contributed by atoms with van der Waals surface area (Å²) in [6.07, 6.45) is -8.41. The largest absolute Gasteiger partial charge is 0.416 e. The Morgan fingerprint density at radius 1 is 0.900 bits per heavy atom. The first-order chi connectivity index (χ1) is 9.09. The van der Waals surface area contributed by atoms with Gasteiger partial charge in [-0.25, -0.2) is 0 Å². The van der Waals surface area contributed by atoms with Gasteiger partial charge in [-0.15, -0.1) is 0 Å². The lowest BCUT2D eigenvalue weighted by Crippen LogP contribution is -2.11. The Morgan fingerprint density at radius 2 is 1.40 bits per heavy atom. The van der Waals surface area contributed by atoms with Gasteiger partial charge in [-0.05, 0) is 24.3 Å². The van der Waals surface area contributed by atoms with Crippen LogP contribution < -0.4 is 0 Å². The number of hydrogen-bond acceptors (Lipinski definition) is 1. The van der Waals surface area contributed by atoms with Crippen molar-refractivity contribution in [2.75, 3.05) is 0 Å². The van der Waals surface area contributed by atoms with Crippen LogP contribution in [-0.2, 0) is 19.4 Å². The van der Waals surface area contributed by atoms with Crippen molar-refractivity contribution in [3.05, 3.63) is 41.6 Å². The van der Waals surface area contributed by atoms with Crippen LogP contribution in [0.25, 0.3) is 11.3 Å². The lowest BCUT2D eigenvalue weighted by Gasteiger charge is -2.14. The van der Waals surface area contributed by atoms with Crippen LogP contribution in [0.3, 0.4) is 0 Å². The quantitative estimate of drug-likeness (QED) is 0.723. The van der Waals surface area contributed by atoms with E-state index < -0.39 is 23.5 Å². The molecule has 108 valence electrons. The van der Waals surface area contributed by atoms with E-state index in [2.05, 4.69) is 5.10 Å². The second-order valence-electron chi connectivity index (χ2n) is 4.13. The van der Waals surface area contributed by atoms with Gasteiger partial charge in [-0.3, -0.25) is 4.68 Å². The molecule has 20 heavy (non-hydrogen) atoms. The fraction of sp³-hybridized carbons (Fsp3) is 0.250. The minimum absolute atomic E-state index is 0.0971. The van der Waals surface area contributed by atoms with Crippen LogP contribution in [0.15, 0.2) is 30.5 Å². The summed E-state index contributed by atoms with van der Waals surface area (Å²) in [4.78, 5) is 0. The molecule has 0 unspecified atom stereocenters. The molecular weight excluding hydrogens is 286 g/mol. The van der Waals surface area contributed by atoms with Gasteiger partial charge < -0.3 is 0 Å². The van der Waals surface area contributed by atoms with Crippen LogP contribution in [0.5, 0.6) is 0 Å². The molecule has 0 spiro atoms. The van der Waals surface area contributed by atoms with E-state index in [9.17, 15) is 26.3 Å². The zero-order chi connectivity index (χ0) is 15.1. The average Bonchev–Trinajstić information content (AvgIpc) is 2.72. The molecule has 2 nitrogen and oxygen atoms in total. The first-order valence-electron chi connectivity index (χ1n) is 5.37. The van der Waals surface area contributed by atoms with E-state index in [1.54, 1.807) is 0 Å². The van der Waals surface area contributed by atoms with E-state index in [0.29, 0.717) is 12.1 Å². The number of benzene rings is 1. The van der Waals surface area contributed by atoms with Gasteiger partial charge in [0.25, 0.3) is 0 Å². The molecule has 0 saturated heterocycles. The van der Waals surface area contributed by atoms with Crippen molar-refractivity contribution in [2.45, 2.75) is 12.4 Å². The predicted molar refractivity (Wildman–Crippen MR) is 58.6 cm³/mol. The first kappa shape index (κ1) is 14.4. The minimum atomic E-state index is -4.85. The second-order valence-corrected chi connectivity index (χ2v) is 4.13. The molecule has 0 amide bonds. The van der Waals surface area contributed by atoms with Crippen LogP contribution in [0, 0.1) is 0 Å². The van der Waals surface area contributed by atoms with Gasteiger partial charge in [0, 0.05) is 18.8 Å². The Kier molecular flexibility index (Phi) is 3.27. The van der Waals surface area contributed by atoms with Crippen LogP contribution in [0.4, 0.5) is 26.3 Å². The standard InChI is InChI=1S/C12H8F6N2/c1-20-10(2-3-19-20)7-4-8(11(13,14)15)6-9(5-7)12(16,17)18/h2-6H,1H3. The van der Waals surface area contributed by atoms with Crippen LogP contribution in [0.1, 0.15) is 11.1 Å². The molecule has 1 aromatic carbocycles. The number of nitrogens with zero attached hydrogens (tertiary/aromatic N) is 2. The molecule has 0 N–H and O–H groups in total. The Labute approximate surface area is 109 Å². The van der Waals surface area contributed by atoms with Gasteiger partial charge in [0.2, 0.25) is 0 Å². The average molecular weight is 294 g/mol. The third kappa shape index (κ3) is 2.78. The fourth-order valence-electron chi connectivity index (χ4n) is 1.76. The van der Waals surface area contributed by atoms with Gasteiger partial charge in [-0.1, -0.05) is 0 Å². The summed E-state index contributed by atoms with van der Waals surface area (Å²) >= 11 is 0. The zero-order valence-corrected chi connectivity index (χ0v) is 10.0. The number of halogens is 6. The molecule has 1 heterocycles. The molecular formula is C12H8F6N2. The summed E-state index contributed by atoms with van der Waals surface area (Å²) < 4.78 is 77.3. The summed E-state index contributed by atoms with van der Waals surface area (Å²) in [5, 5.41) is 3.73. The number of aromatic nitrogens is 2. The number of hydrogen-bond donors (Lipinski definition) is 0. The molecule has 1 aromatic heterocycles. The van der Waals surface area contributed by atoms with Crippen LogP contribution in [-0.4, -0.2) is 9.78 Å². The minimum Gasteiger partial charge on any atom is -0.268 e. The molecule has 0 saturated carbocycles. The highest BCUT2D eigenvalue weighted by Gasteiger charge is 2.37. The number of rotatable bonds is 1. The third-order valence-corrected chi connectivity index (χ3v) is 2.70. The van der Waals surface area contributed by atoms with Crippen molar-refractivity contribution in [1.29, 1.82) is 0 Å². The predicted octanol–water partition coefficient (Wildman–Crippen LogP) is 4.12. The van der Waals surface area contributed by atoms with Crippen molar-refractivity contribution in [2.24, 2.45) is 7.05 Å². The second kappa shape index (κ2) is 4.53. The molecule has 0 aliphatic carbocycles. The molecule has 2 aromatic rings. The van der Waals surface area contributed by atoms with Gasteiger partial charge in [0.05, 0.1) is 16.8 Å². The Hall–Kier alpha value is -1.99. The number of aryl methyl sites for hydroxylation is 1. The lowest BCUT2D eigenvalue weighted by molar-refractivity contribution is -0.143. The molecule has 0 bridgehead atoms. The van der Waals surface area contributed by atoms with E-state index >= 15 is 0 Å². The van der Waals surface area contributed by atoms with Crippen LogP contribution in [0.2, 0.25) is 0 Å². The highest BCUT2D eigenvalue weighted by molar-refractivity contribution is 5.62. The fourth-order valence-corrected chi connectivity index (χ4v) is 1.76. The van der Waals surface area contributed by atoms with Crippen LogP contribution >= 0.6 is 0 Å². The van der Waals surface area contributed by atoms with Gasteiger partial charge in [-0.2, -0.15) is 31.4 Å². The Morgan fingerprint density at radius 3 is 1.75 bits per heavy atom. The third-order valence-electron chi connectivity index (χ3n) is 2.70. The highest BCUT2D eigenvalue weighted by Crippen LogP contribution is 2.38. The van der Waals surface area contributed by atoms with Crippen molar-refractivity contribution < 1.29 is 26.3 Å². The topological polar surface area (TPSA) is 17.8 Å². The van der Waals surface area contributed by atoms with E-state index in [1.807, 2.05) is 0 Å². The Bertz CT molecular complexity index is 591. The summed E-state index contributed by atoms with van der Waals surface area (Å²) in [5.74, 6) is 0. The zero-order valence-electron chi connectivity index (χ0n) is 10.0. The molecule has 0 atom stereocenters. The Balaban J connectivity index is 2.67. The maximum Gasteiger partial charge on any atom is 0.416 e. The monoisotopic (exact) mass is 294 g/mol. The van der Waals surface area contributed by atoms with E-state index in [4.69, 9.17) is 0 Å². The molecule has 8 heteroatoms. The molecule has 0 fully saturated rings. The van der Waals surface area contributed by atoms with Crippen molar-refractivity contribution >= 4 is 0 Å². The highest BCUT2D eigenvalue weighted by atomic mass is 19.4. The van der Waals surface area contributed by atoms with Gasteiger partial charge in [0.15, 0.2) is 0 Å². The van der Waals surface area contributed by atoms with Crippen molar-refractivity contribution in [1.82, 2.24) is 9.78 Å². The van der Waals surface area contributed by atoms with E-state index in [1.165, 1.54) is 24.0 Å². The SMILES string of the molecule is Cn1nccc1-c1cc(C(F)(F)F)cc(C(F)(F)F)c1.